The lowest BCUT2D eigenvalue weighted by Gasteiger charge is -2.23. The van der Waals surface area contributed by atoms with E-state index in [1.165, 1.54) is 11.0 Å². The molecule has 0 bridgehead atoms. The van der Waals surface area contributed by atoms with Crippen LogP contribution in [0, 0.1) is 0 Å². The maximum Gasteiger partial charge on any atom is 0.416 e. The quantitative estimate of drug-likeness (QED) is 0.457. The lowest BCUT2D eigenvalue weighted by molar-refractivity contribution is -0.137. The molecule has 1 saturated heterocycles. The number of likely N-dealkylation sites (tertiary alicyclic amines) is 1. The van der Waals surface area contributed by atoms with Gasteiger partial charge < -0.3 is 15.8 Å². The van der Waals surface area contributed by atoms with Crippen LogP contribution in [-0.4, -0.2) is 29.5 Å². The number of alkyl halides is 3. The number of nitrogens with zero attached hydrogens (tertiary/aromatic N) is 1. The Kier molecular flexibility index (Phi) is 6.95. The summed E-state index contributed by atoms with van der Waals surface area (Å²) in [6.07, 6.45) is -3.96. The molecule has 1 fully saturated rings. The average Bonchev–Trinajstić information content (AvgIpc) is 3.33. The molecule has 4 rings (SSSR count). The Morgan fingerprint density at radius 2 is 1.77 bits per heavy atom. The van der Waals surface area contributed by atoms with Crippen molar-refractivity contribution in [3.8, 4) is 11.1 Å². The first-order chi connectivity index (χ1) is 16.7. The van der Waals surface area contributed by atoms with E-state index in [1.54, 1.807) is 24.3 Å². The highest BCUT2D eigenvalue weighted by Crippen LogP contribution is 2.34. The van der Waals surface area contributed by atoms with E-state index in [4.69, 9.17) is 10.5 Å². The third-order valence-corrected chi connectivity index (χ3v) is 5.74. The van der Waals surface area contributed by atoms with Crippen molar-refractivity contribution in [2.24, 2.45) is 0 Å². The van der Waals surface area contributed by atoms with Crippen LogP contribution in [0.15, 0.2) is 72.8 Å². The summed E-state index contributed by atoms with van der Waals surface area (Å²) < 4.78 is 44.9. The highest BCUT2D eigenvalue weighted by atomic mass is 19.4. The van der Waals surface area contributed by atoms with E-state index in [9.17, 15) is 22.8 Å². The molecule has 1 aliphatic heterocycles. The number of nitrogen functional groups attached to an aromatic ring is 1. The molecule has 1 heterocycles. The summed E-state index contributed by atoms with van der Waals surface area (Å²) in [5.41, 5.74) is 6.80. The molecular weight excluding hydrogens is 459 g/mol. The predicted molar refractivity (Wildman–Crippen MR) is 126 cm³/mol. The van der Waals surface area contributed by atoms with Gasteiger partial charge in [-0.1, -0.05) is 42.5 Å². The minimum absolute atomic E-state index is 0.0140. The third-order valence-electron chi connectivity index (χ3n) is 5.74. The normalized spacial score (nSPS) is 15.6. The van der Waals surface area contributed by atoms with E-state index in [2.05, 4.69) is 5.32 Å². The van der Waals surface area contributed by atoms with Crippen LogP contribution in [0.1, 0.15) is 24.0 Å². The zero-order chi connectivity index (χ0) is 25.0. The molecule has 0 aromatic heterocycles. The van der Waals surface area contributed by atoms with Crippen molar-refractivity contribution in [3.05, 3.63) is 83.9 Å². The van der Waals surface area contributed by atoms with Gasteiger partial charge in [0, 0.05) is 17.9 Å². The summed E-state index contributed by atoms with van der Waals surface area (Å²) in [7, 11) is 0. The van der Waals surface area contributed by atoms with Crippen LogP contribution in [-0.2, 0) is 22.3 Å². The molecule has 2 amide bonds. The summed E-state index contributed by atoms with van der Waals surface area (Å²) in [5.74, 6) is -0.389. The lowest BCUT2D eigenvalue weighted by atomic mass is 10.0. The number of benzene rings is 3. The zero-order valence-electron chi connectivity index (χ0n) is 18.7. The Morgan fingerprint density at radius 3 is 2.51 bits per heavy atom. The molecule has 35 heavy (non-hydrogen) atoms. The van der Waals surface area contributed by atoms with Crippen molar-refractivity contribution in [2.45, 2.75) is 31.7 Å². The van der Waals surface area contributed by atoms with E-state index in [-0.39, 0.29) is 23.8 Å². The fourth-order valence-corrected chi connectivity index (χ4v) is 4.04. The second kappa shape index (κ2) is 10.1. The largest absolute Gasteiger partial charge is 0.445 e. The molecule has 0 aliphatic carbocycles. The van der Waals surface area contributed by atoms with E-state index >= 15 is 0 Å². The number of hydrogen-bond acceptors (Lipinski definition) is 4. The van der Waals surface area contributed by atoms with Crippen LogP contribution in [0.4, 0.5) is 29.3 Å². The molecule has 3 aromatic carbocycles. The third kappa shape index (κ3) is 5.92. The van der Waals surface area contributed by atoms with Crippen LogP contribution in [0.2, 0.25) is 0 Å². The number of carbonyl (C=O) groups excluding carboxylic acids is 2. The molecule has 0 radical (unpaired) electrons. The molecule has 1 atom stereocenters. The Labute approximate surface area is 200 Å². The number of nitrogens with one attached hydrogen (secondary N) is 1. The van der Waals surface area contributed by atoms with Gasteiger partial charge in [-0.3, -0.25) is 9.69 Å². The van der Waals surface area contributed by atoms with Crippen molar-refractivity contribution >= 4 is 23.4 Å². The van der Waals surface area contributed by atoms with E-state index in [0.717, 1.165) is 17.7 Å². The zero-order valence-corrected chi connectivity index (χ0v) is 18.7. The number of halogens is 3. The van der Waals surface area contributed by atoms with Gasteiger partial charge in [0.05, 0.1) is 5.56 Å². The number of anilines is 2. The molecule has 1 unspecified atom stereocenters. The fourth-order valence-electron chi connectivity index (χ4n) is 4.04. The number of carbonyl (C=O) groups is 2. The first-order valence-electron chi connectivity index (χ1n) is 11.1. The van der Waals surface area contributed by atoms with Crippen LogP contribution in [0.3, 0.4) is 0 Å². The van der Waals surface area contributed by atoms with Gasteiger partial charge in [0.25, 0.3) is 0 Å². The van der Waals surface area contributed by atoms with E-state index < -0.39 is 23.9 Å². The number of nitrogens with two attached hydrogens (primary N) is 1. The molecule has 0 spiro atoms. The SMILES string of the molecule is Nc1cc(-c2cccc(NC(=O)C3CCCN3C(=O)OCc3ccccc3)c2)cc(C(F)(F)F)c1. The van der Waals surface area contributed by atoms with Gasteiger partial charge in [-0.2, -0.15) is 13.2 Å². The average molecular weight is 483 g/mol. The highest BCUT2D eigenvalue weighted by Gasteiger charge is 2.35. The van der Waals surface area contributed by atoms with Crippen molar-refractivity contribution in [2.75, 3.05) is 17.6 Å². The molecular formula is C26H24F3N3O3. The van der Waals surface area contributed by atoms with E-state index in [0.29, 0.717) is 30.6 Å². The number of amides is 2. The van der Waals surface area contributed by atoms with Gasteiger partial charge in [0.2, 0.25) is 5.91 Å². The Bertz CT molecular complexity index is 1220. The minimum atomic E-state index is -4.53. The summed E-state index contributed by atoms with van der Waals surface area (Å²) in [4.78, 5) is 27.0. The monoisotopic (exact) mass is 483 g/mol. The molecule has 182 valence electrons. The topological polar surface area (TPSA) is 84.7 Å². The first kappa shape index (κ1) is 24.1. The fraction of sp³-hybridized carbons (Fsp3) is 0.231. The van der Waals surface area contributed by atoms with Crippen molar-refractivity contribution in [1.82, 2.24) is 4.90 Å². The summed E-state index contributed by atoms with van der Waals surface area (Å²) >= 11 is 0. The highest BCUT2D eigenvalue weighted by molar-refractivity contribution is 5.97. The minimum Gasteiger partial charge on any atom is -0.445 e. The molecule has 9 heteroatoms. The number of hydrogen-bond donors (Lipinski definition) is 2. The molecule has 3 aromatic rings. The number of rotatable bonds is 5. The van der Waals surface area contributed by atoms with Crippen LogP contribution < -0.4 is 11.1 Å². The Balaban J connectivity index is 1.45. The van der Waals surface area contributed by atoms with Gasteiger partial charge >= 0.3 is 12.3 Å². The van der Waals surface area contributed by atoms with Crippen LogP contribution in [0.5, 0.6) is 0 Å². The van der Waals surface area contributed by atoms with Gasteiger partial charge in [-0.25, -0.2) is 4.79 Å². The standard InChI is InChI=1S/C26H24F3N3O3/c27-26(28,29)20-12-19(13-21(30)15-20)18-8-4-9-22(14-18)31-24(33)23-10-5-11-32(23)25(34)35-16-17-6-2-1-3-7-17/h1-4,6-9,12-15,23H,5,10-11,16,30H2,(H,31,33). The van der Waals surface area contributed by atoms with Crippen molar-refractivity contribution in [1.29, 1.82) is 0 Å². The summed E-state index contributed by atoms with van der Waals surface area (Å²) in [6, 6.07) is 18.3. The van der Waals surface area contributed by atoms with Gasteiger partial charge in [0.1, 0.15) is 12.6 Å². The lowest BCUT2D eigenvalue weighted by Crippen LogP contribution is -2.43. The predicted octanol–water partition coefficient (Wildman–Crippen LogP) is 5.69. The molecule has 6 nitrogen and oxygen atoms in total. The van der Waals surface area contributed by atoms with Gasteiger partial charge in [0.15, 0.2) is 0 Å². The van der Waals surface area contributed by atoms with Crippen LogP contribution in [0.25, 0.3) is 11.1 Å². The summed E-state index contributed by atoms with van der Waals surface area (Å²) in [6.45, 7) is 0.502. The maximum absolute atomic E-state index is 13.2. The Hall–Kier alpha value is -4.01. The first-order valence-corrected chi connectivity index (χ1v) is 11.1. The maximum atomic E-state index is 13.2. The van der Waals surface area contributed by atoms with Crippen LogP contribution >= 0.6 is 0 Å². The smallest absolute Gasteiger partial charge is 0.416 e. The second-order valence-electron chi connectivity index (χ2n) is 8.30. The number of ether oxygens (including phenoxy) is 1. The Morgan fingerprint density at radius 1 is 1.00 bits per heavy atom. The van der Waals surface area contributed by atoms with Gasteiger partial charge in [-0.15, -0.1) is 0 Å². The molecule has 0 saturated carbocycles. The van der Waals surface area contributed by atoms with Crippen molar-refractivity contribution < 1.29 is 27.5 Å². The molecule has 3 N–H and O–H groups in total. The summed E-state index contributed by atoms with van der Waals surface area (Å²) in [5, 5.41) is 2.77. The van der Waals surface area contributed by atoms with Crippen molar-refractivity contribution in [3.63, 3.8) is 0 Å². The second-order valence-corrected chi connectivity index (χ2v) is 8.30. The van der Waals surface area contributed by atoms with E-state index in [1.807, 2.05) is 30.3 Å². The van der Waals surface area contributed by atoms with Gasteiger partial charge in [-0.05, 0) is 59.9 Å². The molecule has 1 aliphatic rings.